The first-order chi connectivity index (χ1) is 13.3. The molecule has 4 rings (SSSR count). The van der Waals surface area contributed by atoms with Crippen LogP contribution in [0.15, 0.2) is 36.7 Å². The molecule has 0 aliphatic carbocycles. The summed E-state index contributed by atoms with van der Waals surface area (Å²) in [6, 6.07) is 3.28. The number of carbonyl (C=O) groups is 1. The summed E-state index contributed by atoms with van der Waals surface area (Å²) in [6.45, 7) is 0.415. The lowest BCUT2D eigenvalue weighted by atomic mass is 9.97. The molecule has 1 atom stereocenters. The Bertz CT molecular complexity index is 1060. The quantitative estimate of drug-likeness (QED) is 0.682. The highest BCUT2D eigenvalue weighted by atomic mass is 19.4. The number of aromatic carboxylic acids is 1. The van der Waals surface area contributed by atoms with Crippen molar-refractivity contribution < 1.29 is 27.5 Å². The van der Waals surface area contributed by atoms with Crippen molar-refractivity contribution in [1.82, 2.24) is 14.6 Å². The first-order valence-corrected chi connectivity index (χ1v) is 8.46. The molecule has 0 saturated carbocycles. The van der Waals surface area contributed by atoms with Crippen LogP contribution in [0.25, 0.3) is 5.65 Å². The number of halogens is 4. The number of anilines is 1. The van der Waals surface area contributed by atoms with E-state index in [0.717, 1.165) is 24.4 Å². The van der Waals surface area contributed by atoms with Crippen molar-refractivity contribution in [2.75, 3.05) is 11.4 Å². The van der Waals surface area contributed by atoms with Gasteiger partial charge >= 0.3 is 12.1 Å². The molecule has 6 nitrogen and oxygen atoms in total. The SMILES string of the molecule is O=C(O)c1cnn2ccc(N3CCC[C@@H]3c3cc(F)ccc3C(F)(F)F)nc12. The minimum Gasteiger partial charge on any atom is -0.477 e. The zero-order chi connectivity index (χ0) is 20.1. The molecule has 2 aromatic heterocycles. The van der Waals surface area contributed by atoms with Gasteiger partial charge in [-0.3, -0.25) is 0 Å². The molecule has 1 aromatic carbocycles. The average molecular weight is 394 g/mol. The van der Waals surface area contributed by atoms with Crippen molar-refractivity contribution in [3.8, 4) is 0 Å². The van der Waals surface area contributed by atoms with Gasteiger partial charge in [0.1, 0.15) is 17.2 Å². The van der Waals surface area contributed by atoms with E-state index >= 15 is 0 Å². The lowest BCUT2D eigenvalue weighted by molar-refractivity contribution is -0.138. The molecule has 1 saturated heterocycles. The highest BCUT2D eigenvalue weighted by Crippen LogP contribution is 2.42. The molecule has 146 valence electrons. The Morgan fingerprint density at radius 3 is 2.75 bits per heavy atom. The molecule has 0 amide bonds. The van der Waals surface area contributed by atoms with Gasteiger partial charge < -0.3 is 10.0 Å². The fourth-order valence-corrected chi connectivity index (χ4v) is 3.60. The van der Waals surface area contributed by atoms with Crippen LogP contribution >= 0.6 is 0 Å². The number of aromatic nitrogens is 3. The number of hydrogen-bond acceptors (Lipinski definition) is 4. The largest absolute Gasteiger partial charge is 0.477 e. The van der Waals surface area contributed by atoms with E-state index in [9.17, 15) is 27.5 Å². The fourth-order valence-electron chi connectivity index (χ4n) is 3.60. The topological polar surface area (TPSA) is 70.7 Å². The zero-order valence-corrected chi connectivity index (χ0v) is 14.3. The normalized spacial score (nSPS) is 17.4. The number of rotatable bonds is 3. The number of nitrogens with zero attached hydrogens (tertiary/aromatic N) is 4. The molecule has 1 N–H and O–H groups in total. The van der Waals surface area contributed by atoms with E-state index in [2.05, 4.69) is 10.1 Å². The van der Waals surface area contributed by atoms with Crippen molar-refractivity contribution in [2.24, 2.45) is 0 Å². The molecular formula is C18H14F4N4O2. The minimum absolute atomic E-state index is 0.0888. The molecule has 0 unspecified atom stereocenters. The van der Waals surface area contributed by atoms with Gasteiger partial charge in [-0.05, 0) is 42.7 Å². The van der Waals surface area contributed by atoms with Crippen molar-refractivity contribution in [2.45, 2.75) is 25.1 Å². The van der Waals surface area contributed by atoms with Crippen LogP contribution < -0.4 is 4.90 Å². The Labute approximate surface area is 156 Å². The second-order valence-corrected chi connectivity index (χ2v) is 6.50. The van der Waals surface area contributed by atoms with Crippen LogP contribution in [0, 0.1) is 5.82 Å². The second kappa shape index (κ2) is 6.47. The van der Waals surface area contributed by atoms with Crippen LogP contribution in [0.3, 0.4) is 0 Å². The number of carboxylic acids is 1. The number of alkyl halides is 3. The maximum absolute atomic E-state index is 13.7. The molecule has 0 radical (unpaired) electrons. The molecule has 0 bridgehead atoms. The first kappa shape index (κ1) is 18.2. The van der Waals surface area contributed by atoms with E-state index in [-0.39, 0.29) is 16.8 Å². The fraction of sp³-hybridized carbons (Fsp3) is 0.278. The highest BCUT2D eigenvalue weighted by molar-refractivity contribution is 5.94. The number of benzene rings is 1. The van der Waals surface area contributed by atoms with E-state index in [4.69, 9.17) is 0 Å². The van der Waals surface area contributed by atoms with Crippen LogP contribution in [0.1, 0.15) is 40.4 Å². The Hall–Kier alpha value is -3.17. The lowest BCUT2D eigenvalue weighted by Crippen LogP contribution is -2.26. The van der Waals surface area contributed by atoms with Gasteiger partial charge in [0.15, 0.2) is 5.65 Å². The van der Waals surface area contributed by atoms with Crippen LogP contribution in [0.4, 0.5) is 23.4 Å². The summed E-state index contributed by atoms with van der Waals surface area (Å²) in [5, 5.41) is 13.1. The molecule has 1 aliphatic heterocycles. The summed E-state index contributed by atoms with van der Waals surface area (Å²) in [4.78, 5) is 17.3. The third-order valence-corrected chi connectivity index (χ3v) is 4.81. The molecular weight excluding hydrogens is 380 g/mol. The summed E-state index contributed by atoms with van der Waals surface area (Å²) < 4.78 is 55.3. The standard InChI is InChI=1S/C18H14F4N4O2/c19-10-3-4-13(18(20,21)22)11(8-10)14-2-1-6-25(14)15-5-7-26-16(24-15)12(9-23-26)17(27)28/h3-5,7-9,14H,1-2,6H2,(H,27,28)/t14-/m1/s1. The molecule has 1 fully saturated rings. The summed E-state index contributed by atoms with van der Waals surface area (Å²) in [5.74, 6) is -1.64. The van der Waals surface area contributed by atoms with Gasteiger partial charge in [-0.2, -0.15) is 18.3 Å². The van der Waals surface area contributed by atoms with Crippen LogP contribution in [0.5, 0.6) is 0 Å². The Balaban J connectivity index is 1.80. The van der Waals surface area contributed by atoms with Crippen LogP contribution in [0.2, 0.25) is 0 Å². The predicted octanol–water partition coefficient (Wildman–Crippen LogP) is 3.93. The monoisotopic (exact) mass is 394 g/mol. The summed E-state index contributed by atoms with van der Waals surface area (Å²) in [7, 11) is 0. The molecule has 10 heteroatoms. The van der Waals surface area contributed by atoms with Gasteiger partial charge in [0, 0.05) is 12.7 Å². The van der Waals surface area contributed by atoms with Crippen molar-refractivity contribution in [3.63, 3.8) is 0 Å². The van der Waals surface area contributed by atoms with Gasteiger partial charge in [0.05, 0.1) is 17.8 Å². The summed E-state index contributed by atoms with van der Waals surface area (Å²) in [6.07, 6.45) is -0.975. The molecule has 1 aliphatic rings. The van der Waals surface area contributed by atoms with Gasteiger partial charge in [-0.25, -0.2) is 18.7 Å². The Kier molecular flexibility index (Phi) is 4.20. The predicted molar refractivity (Wildman–Crippen MR) is 90.7 cm³/mol. The van der Waals surface area contributed by atoms with E-state index in [1.54, 1.807) is 11.0 Å². The Morgan fingerprint density at radius 1 is 1.25 bits per heavy atom. The van der Waals surface area contributed by atoms with Gasteiger partial charge in [0.25, 0.3) is 0 Å². The molecule has 28 heavy (non-hydrogen) atoms. The first-order valence-electron chi connectivity index (χ1n) is 8.46. The smallest absolute Gasteiger partial charge is 0.416 e. The van der Waals surface area contributed by atoms with Crippen LogP contribution in [-0.2, 0) is 6.18 Å². The maximum Gasteiger partial charge on any atom is 0.416 e. The highest BCUT2D eigenvalue weighted by Gasteiger charge is 2.38. The van der Waals surface area contributed by atoms with E-state index in [1.165, 1.54) is 10.7 Å². The summed E-state index contributed by atoms with van der Waals surface area (Å²) in [5.41, 5.74) is -1.06. The van der Waals surface area contributed by atoms with Gasteiger partial charge in [-0.15, -0.1) is 0 Å². The lowest BCUT2D eigenvalue weighted by Gasteiger charge is -2.28. The van der Waals surface area contributed by atoms with E-state index in [0.29, 0.717) is 25.2 Å². The van der Waals surface area contributed by atoms with Gasteiger partial charge in [0.2, 0.25) is 0 Å². The average Bonchev–Trinajstić information content (AvgIpc) is 3.27. The van der Waals surface area contributed by atoms with E-state index in [1.807, 2.05) is 0 Å². The molecule has 3 aromatic rings. The number of fused-ring (bicyclic) bond motifs is 1. The maximum atomic E-state index is 13.7. The summed E-state index contributed by atoms with van der Waals surface area (Å²) >= 11 is 0. The van der Waals surface area contributed by atoms with E-state index < -0.39 is 29.6 Å². The van der Waals surface area contributed by atoms with Crippen molar-refractivity contribution >= 4 is 17.4 Å². The third kappa shape index (κ3) is 3.04. The Morgan fingerprint density at radius 2 is 2.04 bits per heavy atom. The minimum atomic E-state index is -4.61. The second-order valence-electron chi connectivity index (χ2n) is 6.50. The number of hydrogen-bond donors (Lipinski definition) is 1. The molecule has 0 spiro atoms. The zero-order valence-electron chi connectivity index (χ0n) is 14.3. The van der Waals surface area contributed by atoms with Gasteiger partial charge in [-0.1, -0.05) is 0 Å². The van der Waals surface area contributed by atoms with Crippen molar-refractivity contribution in [3.05, 3.63) is 59.2 Å². The number of carboxylic acid groups (broad SMARTS) is 1. The van der Waals surface area contributed by atoms with Crippen molar-refractivity contribution in [1.29, 1.82) is 0 Å². The third-order valence-electron chi connectivity index (χ3n) is 4.81. The molecule has 3 heterocycles. The van der Waals surface area contributed by atoms with Crippen LogP contribution in [-0.4, -0.2) is 32.2 Å².